The third-order valence-electron chi connectivity index (χ3n) is 10.5. The van der Waals surface area contributed by atoms with E-state index in [0.717, 1.165) is 29.1 Å². The van der Waals surface area contributed by atoms with Crippen LogP contribution in [0.5, 0.6) is 0 Å². The van der Waals surface area contributed by atoms with Gasteiger partial charge in [-0.2, -0.15) is 0 Å². The van der Waals surface area contributed by atoms with Crippen molar-refractivity contribution < 1.29 is 0 Å². The number of hydrogen-bond acceptors (Lipinski definition) is 2. The van der Waals surface area contributed by atoms with E-state index in [4.69, 9.17) is 9.98 Å². The molecule has 2 heterocycles. The van der Waals surface area contributed by atoms with Crippen molar-refractivity contribution in [3.05, 3.63) is 169 Å². The lowest BCUT2D eigenvalue weighted by Crippen LogP contribution is -2.18. The number of rotatable bonds is 3. The smallest absolute Gasteiger partial charge is 0.156 e. The number of fused-ring (bicyclic) bond motifs is 11. The lowest BCUT2D eigenvalue weighted by Gasteiger charge is -2.24. The second-order valence-corrected chi connectivity index (χ2v) is 13.4. The van der Waals surface area contributed by atoms with Gasteiger partial charge in [-0.1, -0.05) is 153 Å². The van der Waals surface area contributed by atoms with E-state index in [9.17, 15) is 0 Å². The van der Waals surface area contributed by atoms with Gasteiger partial charge in [0, 0.05) is 27.6 Å². The van der Waals surface area contributed by atoms with Crippen molar-refractivity contribution in [2.24, 2.45) is 15.9 Å². The monoisotopic (exact) mass is 627 g/mol. The molecule has 0 aliphatic carbocycles. The van der Waals surface area contributed by atoms with Crippen molar-refractivity contribution in [2.45, 2.75) is 19.5 Å². The highest BCUT2D eigenvalue weighted by atomic mass is 15.2. The van der Waals surface area contributed by atoms with E-state index in [1.807, 2.05) is 0 Å². The average molecular weight is 628 g/mol. The van der Waals surface area contributed by atoms with Gasteiger partial charge >= 0.3 is 0 Å². The highest BCUT2D eigenvalue weighted by Crippen LogP contribution is 2.46. The van der Waals surface area contributed by atoms with Crippen molar-refractivity contribution >= 4 is 76.4 Å². The third kappa shape index (κ3) is 4.36. The minimum absolute atomic E-state index is 0.160. The number of aromatic nitrogens is 1. The largest absolute Gasteiger partial charge is 0.317 e. The van der Waals surface area contributed by atoms with E-state index in [-0.39, 0.29) is 12.1 Å². The predicted molar refractivity (Wildman–Crippen MR) is 208 cm³/mol. The Labute approximate surface area is 284 Å². The standard InChI is InChI=1S/C46H33N3/c1-29-27-40(32-15-3-2-4-16-32)47-45(34-24-23-30-13-5-6-17-33(30)28-34)48-46(29)49-41-26-25-31-14-7-8-18-35(31)42(41)43-38-21-11-9-19-36(38)37-20-10-12-22-39(37)44(43)49/h2-26,28-29,46H,27H2,1H3. The molecule has 3 heteroatoms. The van der Waals surface area contributed by atoms with Crippen molar-refractivity contribution in [1.82, 2.24) is 4.57 Å². The number of aliphatic imine (C=N–C) groups is 2. The molecule has 9 aromatic rings. The van der Waals surface area contributed by atoms with Gasteiger partial charge in [0.15, 0.2) is 5.84 Å². The molecule has 0 N–H and O–H groups in total. The molecule has 1 aromatic heterocycles. The van der Waals surface area contributed by atoms with E-state index in [1.165, 1.54) is 64.9 Å². The Hall–Kier alpha value is -6.06. The Kier molecular flexibility index (Phi) is 6.29. The van der Waals surface area contributed by atoms with Crippen molar-refractivity contribution in [1.29, 1.82) is 0 Å². The summed E-state index contributed by atoms with van der Waals surface area (Å²) >= 11 is 0. The van der Waals surface area contributed by atoms with Gasteiger partial charge in [-0.3, -0.25) is 0 Å². The zero-order valence-corrected chi connectivity index (χ0v) is 27.2. The number of benzene rings is 8. The molecule has 49 heavy (non-hydrogen) atoms. The summed E-state index contributed by atoms with van der Waals surface area (Å²) in [6.07, 6.45) is 0.604. The van der Waals surface area contributed by atoms with Crippen LogP contribution in [0.2, 0.25) is 0 Å². The Morgan fingerprint density at radius 3 is 1.92 bits per heavy atom. The van der Waals surface area contributed by atoms with Gasteiger partial charge in [0.05, 0.1) is 16.7 Å². The molecule has 0 radical (unpaired) electrons. The Balaban J connectivity index is 1.33. The van der Waals surface area contributed by atoms with Crippen LogP contribution >= 0.6 is 0 Å². The van der Waals surface area contributed by atoms with E-state index in [2.05, 4.69) is 169 Å². The fourth-order valence-electron chi connectivity index (χ4n) is 8.20. The zero-order valence-electron chi connectivity index (χ0n) is 27.2. The van der Waals surface area contributed by atoms with Gasteiger partial charge in [0.1, 0.15) is 6.17 Å². The van der Waals surface area contributed by atoms with Crippen LogP contribution in [-0.2, 0) is 0 Å². The molecule has 232 valence electrons. The van der Waals surface area contributed by atoms with Crippen LogP contribution < -0.4 is 0 Å². The first kappa shape index (κ1) is 28.0. The topological polar surface area (TPSA) is 29.6 Å². The fourth-order valence-corrected chi connectivity index (χ4v) is 8.20. The molecule has 0 saturated carbocycles. The second kappa shape index (κ2) is 11.0. The fraction of sp³-hybridized carbons (Fsp3) is 0.0870. The van der Waals surface area contributed by atoms with Crippen molar-refractivity contribution in [3.63, 3.8) is 0 Å². The van der Waals surface area contributed by atoms with Gasteiger partial charge in [0.2, 0.25) is 0 Å². The highest BCUT2D eigenvalue weighted by molar-refractivity contribution is 6.35. The SMILES string of the molecule is CC1CC(c2ccccc2)=NC(c2ccc3ccccc3c2)=NC1n1c2ccc3ccccc3c2c2c3ccccc3c3ccccc3c21. The van der Waals surface area contributed by atoms with Crippen molar-refractivity contribution in [2.75, 3.05) is 0 Å². The Morgan fingerprint density at radius 1 is 0.510 bits per heavy atom. The van der Waals surface area contributed by atoms with E-state index < -0.39 is 0 Å². The molecule has 2 atom stereocenters. The molecular weight excluding hydrogens is 595 g/mol. The summed E-state index contributed by atoms with van der Waals surface area (Å²) in [5.41, 5.74) is 5.70. The summed E-state index contributed by atoms with van der Waals surface area (Å²) in [7, 11) is 0. The summed E-state index contributed by atoms with van der Waals surface area (Å²) in [6.45, 7) is 2.35. The first-order chi connectivity index (χ1) is 24.2. The maximum Gasteiger partial charge on any atom is 0.156 e. The summed E-state index contributed by atoms with van der Waals surface area (Å²) in [6, 6.07) is 57.0. The minimum Gasteiger partial charge on any atom is -0.317 e. The van der Waals surface area contributed by atoms with Crippen LogP contribution in [0, 0.1) is 5.92 Å². The van der Waals surface area contributed by atoms with Crippen molar-refractivity contribution in [3.8, 4) is 0 Å². The van der Waals surface area contributed by atoms with Gasteiger partial charge in [-0.25, -0.2) is 9.98 Å². The quantitative estimate of drug-likeness (QED) is 0.174. The molecular formula is C46H33N3. The predicted octanol–water partition coefficient (Wildman–Crippen LogP) is 11.9. The average Bonchev–Trinajstić information content (AvgIpc) is 3.42. The maximum atomic E-state index is 5.71. The molecule has 2 unspecified atom stereocenters. The Bertz CT molecular complexity index is 2820. The van der Waals surface area contributed by atoms with E-state index in [0.29, 0.717) is 0 Å². The molecule has 1 aliphatic rings. The van der Waals surface area contributed by atoms with Crippen LogP contribution in [0.4, 0.5) is 0 Å². The van der Waals surface area contributed by atoms with Crippen LogP contribution in [0.3, 0.4) is 0 Å². The van der Waals surface area contributed by atoms with Crippen LogP contribution in [-0.4, -0.2) is 16.1 Å². The van der Waals surface area contributed by atoms with Crippen LogP contribution in [0.15, 0.2) is 168 Å². The van der Waals surface area contributed by atoms with Gasteiger partial charge in [0.25, 0.3) is 0 Å². The van der Waals surface area contributed by atoms with Crippen LogP contribution in [0.1, 0.15) is 30.6 Å². The molecule has 0 bridgehead atoms. The number of hydrogen-bond donors (Lipinski definition) is 0. The first-order valence-corrected chi connectivity index (χ1v) is 17.2. The first-order valence-electron chi connectivity index (χ1n) is 17.2. The minimum atomic E-state index is -0.197. The molecule has 8 aromatic carbocycles. The zero-order chi connectivity index (χ0) is 32.5. The molecule has 1 aliphatic heterocycles. The molecule has 0 fully saturated rings. The molecule has 0 spiro atoms. The summed E-state index contributed by atoms with van der Waals surface area (Å²) in [5.74, 6) is 0.937. The van der Waals surface area contributed by atoms with Gasteiger partial charge in [-0.15, -0.1) is 0 Å². The van der Waals surface area contributed by atoms with E-state index >= 15 is 0 Å². The number of nitrogens with zero attached hydrogens (tertiary/aromatic N) is 3. The highest BCUT2D eigenvalue weighted by Gasteiger charge is 2.30. The third-order valence-corrected chi connectivity index (χ3v) is 10.5. The second-order valence-electron chi connectivity index (χ2n) is 13.4. The normalized spacial score (nSPS) is 16.8. The molecule has 10 rings (SSSR count). The van der Waals surface area contributed by atoms with Gasteiger partial charge in [-0.05, 0) is 61.8 Å². The summed E-state index contributed by atoms with van der Waals surface area (Å²) in [5, 5.41) is 12.6. The van der Waals surface area contributed by atoms with Gasteiger partial charge < -0.3 is 4.57 Å². The molecule has 3 nitrogen and oxygen atoms in total. The van der Waals surface area contributed by atoms with Crippen LogP contribution in [0.25, 0.3) is 64.9 Å². The maximum absolute atomic E-state index is 5.71. The molecule has 0 saturated heterocycles. The molecule has 0 amide bonds. The number of amidine groups is 1. The Morgan fingerprint density at radius 2 is 1.12 bits per heavy atom. The lowest BCUT2D eigenvalue weighted by atomic mass is 9.95. The van der Waals surface area contributed by atoms with E-state index in [1.54, 1.807) is 0 Å². The summed E-state index contributed by atoms with van der Waals surface area (Å²) < 4.78 is 2.56. The lowest BCUT2D eigenvalue weighted by molar-refractivity contribution is 0.395. The summed E-state index contributed by atoms with van der Waals surface area (Å²) in [4.78, 5) is 11.1.